The topological polar surface area (TPSA) is 74.9 Å². The molecule has 0 saturated carbocycles. The molecule has 1 saturated heterocycles. The van der Waals surface area contributed by atoms with Crippen LogP contribution < -0.4 is 0 Å². The summed E-state index contributed by atoms with van der Waals surface area (Å²) in [6, 6.07) is 12.3. The molecule has 132 valence electrons. The standard InChI is InChI=1S/C20H19N3O3/c24-19(22-11-2-1-3-12-22)16-13-21-23-17(5-4-6-18(16)23)14-7-9-15(10-8-14)20(25)26/h4-10,13H,1-3,11-12H2,(H,25,26). The van der Waals surface area contributed by atoms with Crippen LogP contribution in [0, 0.1) is 0 Å². The molecule has 0 spiro atoms. The molecular formula is C20H19N3O3. The zero-order chi connectivity index (χ0) is 18.1. The maximum atomic E-state index is 12.8. The van der Waals surface area contributed by atoms with Gasteiger partial charge in [-0.15, -0.1) is 0 Å². The normalized spacial score (nSPS) is 14.5. The van der Waals surface area contributed by atoms with Gasteiger partial charge in [-0.25, -0.2) is 9.31 Å². The van der Waals surface area contributed by atoms with Crippen molar-refractivity contribution in [2.45, 2.75) is 19.3 Å². The van der Waals surface area contributed by atoms with Crippen molar-refractivity contribution < 1.29 is 14.7 Å². The first-order valence-corrected chi connectivity index (χ1v) is 8.75. The number of rotatable bonds is 3. The molecule has 1 fully saturated rings. The molecule has 3 heterocycles. The Labute approximate surface area is 150 Å². The van der Waals surface area contributed by atoms with Crippen molar-refractivity contribution in [3.05, 3.63) is 59.8 Å². The predicted octanol–water partition coefficient (Wildman–Crippen LogP) is 3.33. The van der Waals surface area contributed by atoms with Crippen molar-refractivity contribution in [2.75, 3.05) is 13.1 Å². The average molecular weight is 349 g/mol. The lowest BCUT2D eigenvalue weighted by Gasteiger charge is -2.26. The molecule has 1 N–H and O–H groups in total. The number of fused-ring (bicyclic) bond motifs is 1. The number of nitrogens with zero attached hydrogens (tertiary/aromatic N) is 3. The van der Waals surface area contributed by atoms with Gasteiger partial charge in [0.1, 0.15) is 0 Å². The maximum Gasteiger partial charge on any atom is 0.335 e. The Morgan fingerprint density at radius 2 is 1.69 bits per heavy atom. The Morgan fingerprint density at radius 1 is 0.962 bits per heavy atom. The highest BCUT2D eigenvalue weighted by Crippen LogP contribution is 2.24. The minimum atomic E-state index is -0.955. The number of amides is 1. The van der Waals surface area contributed by atoms with E-state index in [-0.39, 0.29) is 11.5 Å². The van der Waals surface area contributed by atoms with E-state index in [1.54, 1.807) is 35.0 Å². The molecular weight excluding hydrogens is 330 g/mol. The number of benzene rings is 1. The fourth-order valence-electron chi connectivity index (χ4n) is 3.45. The van der Waals surface area contributed by atoms with Crippen molar-refractivity contribution in [3.63, 3.8) is 0 Å². The molecule has 3 aromatic rings. The summed E-state index contributed by atoms with van der Waals surface area (Å²) in [6.45, 7) is 1.60. The van der Waals surface area contributed by atoms with E-state index in [4.69, 9.17) is 5.11 Å². The van der Waals surface area contributed by atoms with Gasteiger partial charge < -0.3 is 10.0 Å². The van der Waals surface area contributed by atoms with Gasteiger partial charge in [-0.2, -0.15) is 5.10 Å². The van der Waals surface area contributed by atoms with Crippen molar-refractivity contribution in [1.82, 2.24) is 14.5 Å². The molecule has 1 aliphatic heterocycles. The van der Waals surface area contributed by atoms with E-state index in [1.165, 1.54) is 6.42 Å². The lowest BCUT2D eigenvalue weighted by atomic mass is 10.1. The van der Waals surface area contributed by atoms with Crippen molar-refractivity contribution >= 4 is 17.4 Å². The third-order valence-corrected chi connectivity index (χ3v) is 4.84. The van der Waals surface area contributed by atoms with Gasteiger partial charge in [-0.05, 0) is 43.5 Å². The summed E-state index contributed by atoms with van der Waals surface area (Å²) in [5.41, 5.74) is 3.27. The second kappa shape index (κ2) is 6.63. The summed E-state index contributed by atoms with van der Waals surface area (Å²) < 4.78 is 1.74. The lowest BCUT2D eigenvalue weighted by Crippen LogP contribution is -2.35. The Morgan fingerprint density at radius 3 is 2.38 bits per heavy atom. The molecule has 0 atom stereocenters. The van der Waals surface area contributed by atoms with Crippen LogP contribution in [0.25, 0.3) is 16.8 Å². The first kappa shape index (κ1) is 16.3. The van der Waals surface area contributed by atoms with E-state index < -0.39 is 5.97 Å². The first-order valence-electron chi connectivity index (χ1n) is 8.75. The van der Waals surface area contributed by atoms with Crippen molar-refractivity contribution in [2.24, 2.45) is 0 Å². The maximum absolute atomic E-state index is 12.8. The molecule has 2 aromatic heterocycles. The van der Waals surface area contributed by atoms with Crippen LogP contribution in [-0.2, 0) is 0 Å². The minimum absolute atomic E-state index is 0.0260. The smallest absolute Gasteiger partial charge is 0.335 e. The van der Waals surface area contributed by atoms with Gasteiger partial charge >= 0.3 is 5.97 Å². The Bertz CT molecular complexity index is 970. The number of hydrogen-bond donors (Lipinski definition) is 1. The predicted molar refractivity (Wildman–Crippen MR) is 97.3 cm³/mol. The zero-order valence-corrected chi connectivity index (χ0v) is 14.3. The third kappa shape index (κ3) is 2.83. The van der Waals surface area contributed by atoms with E-state index in [0.717, 1.165) is 42.7 Å². The highest BCUT2D eigenvalue weighted by atomic mass is 16.4. The van der Waals surface area contributed by atoms with Crippen LogP contribution in [0.2, 0.25) is 0 Å². The number of carbonyl (C=O) groups is 2. The van der Waals surface area contributed by atoms with Crippen LogP contribution in [0.4, 0.5) is 0 Å². The van der Waals surface area contributed by atoms with Crippen LogP contribution >= 0.6 is 0 Å². The molecule has 1 amide bonds. The molecule has 6 nitrogen and oxygen atoms in total. The number of pyridine rings is 1. The molecule has 1 aromatic carbocycles. The highest BCUT2D eigenvalue weighted by Gasteiger charge is 2.22. The quantitative estimate of drug-likeness (QED) is 0.787. The van der Waals surface area contributed by atoms with Gasteiger partial charge in [0.2, 0.25) is 0 Å². The number of aromatic nitrogens is 2. The molecule has 4 rings (SSSR count). The Hall–Kier alpha value is -3.15. The number of hydrogen-bond acceptors (Lipinski definition) is 3. The number of aromatic carboxylic acids is 1. The number of carboxylic acids is 1. The zero-order valence-electron chi connectivity index (χ0n) is 14.3. The first-order chi connectivity index (χ1) is 12.6. The van der Waals surface area contributed by atoms with Gasteiger partial charge in [0.25, 0.3) is 5.91 Å². The summed E-state index contributed by atoms with van der Waals surface area (Å²) in [5, 5.41) is 13.5. The molecule has 26 heavy (non-hydrogen) atoms. The van der Waals surface area contributed by atoms with E-state index in [0.29, 0.717) is 5.56 Å². The second-order valence-electron chi connectivity index (χ2n) is 6.50. The van der Waals surface area contributed by atoms with Crippen LogP contribution in [0.5, 0.6) is 0 Å². The van der Waals surface area contributed by atoms with Crippen molar-refractivity contribution in [3.8, 4) is 11.3 Å². The highest BCUT2D eigenvalue weighted by molar-refractivity contribution is 6.01. The molecule has 1 aliphatic rings. The Kier molecular flexibility index (Phi) is 4.16. The van der Waals surface area contributed by atoms with Crippen molar-refractivity contribution in [1.29, 1.82) is 0 Å². The summed E-state index contributed by atoms with van der Waals surface area (Å²) in [5.74, 6) is -0.929. The summed E-state index contributed by atoms with van der Waals surface area (Å²) in [6.07, 6.45) is 4.90. The largest absolute Gasteiger partial charge is 0.478 e. The van der Waals surface area contributed by atoms with Gasteiger partial charge in [0.05, 0.1) is 28.5 Å². The van der Waals surface area contributed by atoms with E-state index in [2.05, 4.69) is 5.10 Å². The molecule has 0 radical (unpaired) electrons. The average Bonchev–Trinajstić information content (AvgIpc) is 3.12. The van der Waals surface area contributed by atoms with E-state index in [1.807, 2.05) is 23.1 Å². The van der Waals surface area contributed by atoms with Crippen LogP contribution in [0.15, 0.2) is 48.7 Å². The second-order valence-corrected chi connectivity index (χ2v) is 6.50. The number of likely N-dealkylation sites (tertiary alicyclic amines) is 1. The lowest BCUT2D eigenvalue weighted by molar-refractivity contribution is 0.0694. The number of piperidine rings is 1. The minimum Gasteiger partial charge on any atom is -0.478 e. The summed E-state index contributed by atoms with van der Waals surface area (Å²) in [4.78, 5) is 25.8. The molecule has 6 heteroatoms. The van der Waals surface area contributed by atoms with Crippen LogP contribution in [0.1, 0.15) is 40.0 Å². The van der Waals surface area contributed by atoms with E-state index >= 15 is 0 Å². The van der Waals surface area contributed by atoms with E-state index in [9.17, 15) is 9.59 Å². The third-order valence-electron chi connectivity index (χ3n) is 4.84. The van der Waals surface area contributed by atoms with Gasteiger partial charge in [0.15, 0.2) is 0 Å². The SMILES string of the molecule is O=C(O)c1ccc(-c2cccc3c(C(=O)N4CCCCC4)cnn23)cc1. The summed E-state index contributed by atoms with van der Waals surface area (Å²) in [7, 11) is 0. The van der Waals surface area contributed by atoms with Gasteiger partial charge in [-0.1, -0.05) is 18.2 Å². The number of carboxylic acid groups (broad SMARTS) is 1. The van der Waals surface area contributed by atoms with Gasteiger partial charge in [-0.3, -0.25) is 4.79 Å². The molecule has 0 aliphatic carbocycles. The molecule has 0 bridgehead atoms. The monoisotopic (exact) mass is 349 g/mol. The van der Waals surface area contributed by atoms with Crippen LogP contribution in [-0.4, -0.2) is 44.6 Å². The fourth-order valence-corrected chi connectivity index (χ4v) is 3.45. The summed E-state index contributed by atoms with van der Waals surface area (Å²) >= 11 is 0. The van der Waals surface area contributed by atoms with Crippen LogP contribution in [0.3, 0.4) is 0 Å². The number of carbonyl (C=O) groups excluding carboxylic acids is 1. The van der Waals surface area contributed by atoms with Gasteiger partial charge in [0, 0.05) is 18.7 Å². The molecule has 0 unspecified atom stereocenters. The Balaban J connectivity index is 1.73. The fraction of sp³-hybridized carbons (Fsp3) is 0.250.